The van der Waals surface area contributed by atoms with E-state index < -0.39 is 11.5 Å². The van der Waals surface area contributed by atoms with E-state index in [9.17, 15) is 14.4 Å². The lowest BCUT2D eigenvalue weighted by molar-refractivity contribution is -0.134. The van der Waals surface area contributed by atoms with Gasteiger partial charge in [-0.05, 0) is 51.8 Å². The van der Waals surface area contributed by atoms with E-state index in [-0.39, 0.29) is 17.9 Å². The van der Waals surface area contributed by atoms with E-state index in [0.29, 0.717) is 39.0 Å². The summed E-state index contributed by atoms with van der Waals surface area (Å²) in [4.78, 5) is 40.3. The lowest BCUT2D eigenvalue weighted by atomic mass is 9.92. The zero-order valence-electron chi connectivity index (χ0n) is 19.4. The van der Waals surface area contributed by atoms with Gasteiger partial charge in [0.15, 0.2) is 0 Å². The van der Waals surface area contributed by atoms with Gasteiger partial charge in [-0.1, -0.05) is 0 Å². The van der Waals surface area contributed by atoms with Crippen molar-refractivity contribution in [3.8, 4) is 0 Å². The zero-order chi connectivity index (χ0) is 23.2. The number of piperazine rings is 1. The number of benzene rings is 1. The topological polar surface area (TPSA) is 96.8 Å². The van der Waals surface area contributed by atoms with Gasteiger partial charge in [0.25, 0.3) is 0 Å². The zero-order valence-corrected chi connectivity index (χ0v) is 19.4. The number of nitrogens with zero attached hydrogens (tertiary/aromatic N) is 4. The van der Waals surface area contributed by atoms with Gasteiger partial charge in [-0.25, -0.2) is 4.79 Å². The van der Waals surface area contributed by atoms with Crippen LogP contribution in [0.25, 0.3) is 10.9 Å². The lowest BCUT2D eigenvalue weighted by Gasteiger charge is -2.37. The average molecular weight is 442 g/mol. The summed E-state index contributed by atoms with van der Waals surface area (Å²) in [5.41, 5.74) is 3.34. The number of amides is 3. The molecule has 0 aliphatic carbocycles. The minimum absolute atomic E-state index is 0.226. The lowest BCUT2D eigenvalue weighted by Crippen LogP contribution is -2.50. The van der Waals surface area contributed by atoms with Crippen molar-refractivity contribution in [2.45, 2.75) is 52.1 Å². The number of aromatic nitrogens is 2. The standard InChI is InChI=1S/C23H31N5O4/c1-14-12-16-18(26(5)25-20(16)15-6-7-19(29)24-21(15)30)13-17(14)27-8-10-28(11-9-27)22(31)32-23(2,3)4/h12-13,15H,6-11H2,1-5H3,(H,24,29,30). The summed E-state index contributed by atoms with van der Waals surface area (Å²) < 4.78 is 7.29. The van der Waals surface area contributed by atoms with Crippen LogP contribution >= 0.6 is 0 Å². The third-order valence-corrected chi connectivity index (χ3v) is 6.04. The molecule has 4 rings (SSSR count). The van der Waals surface area contributed by atoms with Crippen molar-refractivity contribution in [1.29, 1.82) is 0 Å². The number of aryl methyl sites for hydroxylation is 2. The van der Waals surface area contributed by atoms with Gasteiger partial charge in [0.1, 0.15) is 5.60 Å². The first-order valence-corrected chi connectivity index (χ1v) is 11.1. The smallest absolute Gasteiger partial charge is 0.410 e. The van der Waals surface area contributed by atoms with Crippen molar-refractivity contribution < 1.29 is 19.1 Å². The molecule has 2 aromatic rings. The third kappa shape index (κ3) is 4.28. The Hall–Kier alpha value is -3.10. The maximum Gasteiger partial charge on any atom is 0.410 e. The number of carbonyl (C=O) groups excluding carboxylic acids is 3. The van der Waals surface area contributed by atoms with E-state index in [1.165, 1.54) is 0 Å². The fraction of sp³-hybridized carbons (Fsp3) is 0.565. The van der Waals surface area contributed by atoms with Crippen LogP contribution < -0.4 is 10.2 Å². The van der Waals surface area contributed by atoms with Crippen molar-refractivity contribution >= 4 is 34.5 Å². The quantitative estimate of drug-likeness (QED) is 0.719. The predicted octanol–water partition coefficient (Wildman–Crippen LogP) is 2.46. The number of ether oxygens (including phenoxy) is 1. The molecule has 1 aromatic heterocycles. The van der Waals surface area contributed by atoms with E-state index in [1.54, 1.807) is 9.58 Å². The van der Waals surface area contributed by atoms with Crippen LogP contribution in [0.15, 0.2) is 12.1 Å². The van der Waals surface area contributed by atoms with E-state index in [2.05, 4.69) is 34.4 Å². The number of carbonyl (C=O) groups is 3. The minimum Gasteiger partial charge on any atom is -0.444 e. The maximum absolute atomic E-state index is 12.4. The summed E-state index contributed by atoms with van der Waals surface area (Å²) in [6.45, 7) is 10.3. The molecule has 9 nitrogen and oxygen atoms in total. The van der Waals surface area contributed by atoms with Crippen LogP contribution in [-0.4, -0.2) is 64.4 Å². The van der Waals surface area contributed by atoms with Gasteiger partial charge in [-0.3, -0.25) is 19.6 Å². The average Bonchev–Trinajstić information content (AvgIpc) is 3.01. The predicted molar refractivity (Wildman–Crippen MR) is 121 cm³/mol. The van der Waals surface area contributed by atoms with E-state index in [0.717, 1.165) is 27.8 Å². The molecule has 32 heavy (non-hydrogen) atoms. The number of hydrogen-bond acceptors (Lipinski definition) is 6. The van der Waals surface area contributed by atoms with Gasteiger partial charge in [0, 0.05) is 50.7 Å². The second-order valence-corrected chi connectivity index (χ2v) is 9.62. The highest BCUT2D eigenvalue weighted by atomic mass is 16.6. The second kappa shape index (κ2) is 8.11. The molecule has 2 aliphatic rings. The molecule has 0 radical (unpaired) electrons. The highest BCUT2D eigenvalue weighted by molar-refractivity contribution is 6.02. The normalized spacial score (nSPS) is 20.0. The summed E-state index contributed by atoms with van der Waals surface area (Å²) >= 11 is 0. The molecule has 1 unspecified atom stereocenters. The summed E-state index contributed by atoms with van der Waals surface area (Å²) in [6, 6.07) is 4.19. The number of imide groups is 1. The fourth-order valence-corrected chi connectivity index (χ4v) is 4.44. The summed E-state index contributed by atoms with van der Waals surface area (Å²) in [7, 11) is 1.87. The summed E-state index contributed by atoms with van der Waals surface area (Å²) in [5.74, 6) is -0.921. The minimum atomic E-state index is -0.504. The molecule has 172 valence electrons. The first-order chi connectivity index (χ1) is 15.0. The highest BCUT2D eigenvalue weighted by Gasteiger charge is 2.32. The Balaban J connectivity index is 1.55. The molecule has 1 aromatic carbocycles. The van der Waals surface area contributed by atoms with E-state index in [4.69, 9.17) is 4.74 Å². The Bertz CT molecular complexity index is 1080. The first kappa shape index (κ1) is 22.1. The van der Waals surface area contributed by atoms with Gasteiger partial charge < -0.3 is 14.5 Å². The molecule has 1 N–H and O–H groups in total. The summed E-state index contributed by atoms with van der Waals surface area (Å²) in [5, 5.41) is 8.01. The molecule has 1 atom stereocenters. The highest BCUT2D eigenvalue weighted by Crippen LogP contribution is 2.34. The Morgan fingerprint density at radius 2 is 1.84 bits per heavy atom. The van der Waals surface area contributed by atoms with Crippen LogP contribution in [-0.2, 0) is 21.4 Å². The molecule has 0 spiro atoms. The van der Waals surface area contributed by atoms with Crippen LogP contribution in [0, 0.1) is 6.92 Å². The van der Waals surface area contributed by atoms with Gasteiger partial charge in [-0.15, -0.1) is 0 Å². The molecular weight excluding hydrogens is 410 g/mol. The van der Waals surface area contributed by atoms with Crippen LogP contribution in [0.1, 0.15) is 50.8 Å². The SMILES string of the molecule is Cc1cc2c(C3CCC(=O)NC3=O)nn(C)c2cc1N1CCN(C(=O)OC(C)(C)C)CC1. The van der Waals surface area contributed by atoms with Crippen LogP contribution in [0.3, 0.4) is 0 Å². The molecule has 2 aliphatic heterocycles. The molecular formula is C23H31N5O4. The van der Waals surface area contributed by atoms with Crippen molar-refractivity contribution in [1.82, 2.24) is 20.0 Å². The number of rotatable bonds is 2. The first-order valence-electron chi connectivity index (χ1n) is 11.1. The molecule has 2 fully saturated rings. The van der Waals surface area contributed by atoms with Crippen LogP contribution in [0.4, 0.5) is 10.5 Å². The largest absolute Gasteiger partial charge is 0.444 e. The van der Waals surface area contributed by atoms with Crippen molar-refractivity contribution in [2.75, 3.05) is 31.1 Å². The molecule has 3 heterocycles. The monoisotopic (exact) mass is 441 g/mol. The van der Waals surface area contributed by atoms with Crippen LogP contribution in [0.2, 0.25) is 0 Å². The third-order valence-electron chi connectivity index (χ3n) is 6.04. The second-order valence-electron chi connectivity index (χ2n) is 9.62. The Morgan fingerprint density at radius 3 is 2.47 bits per heavy atom. The Labute approximate surface area is 187 Å². The molecule has 0 saturated carbocycles. The fourth-order valence-electron chi connectivity index (χ4n) is 4.44. The maximum atomic E-state index is 12.4. The summed E-state index contributed by atoms with van der Waals surface area (Å²) in [6.07, 6.45) is 0.530. The number of nitrogens with one attached hydrogen (secondary N) is 1. The van der Waals surface area contributed by atoms with Gasteiger partial charge in [-0.2, -0.15) is 5.10 Å². The molecule has 9 heteroatoms. The van der Waals surface area contributed by atoms with Gasteiger partial charge in [0.2, 0.25) is 11.8 Å². The Kier molecular flexibility index (Phi) is 5.60. The number of hydrogen-bond donors (Lipinski definition) is 1. The Morgan fingerprint density at radius 1 is 1.16 bits per heavy atom. The van der Waals surface area contributed by atoms with Crippen molar-refractivity contribution in [2.24, 2.45) is 7.05 Å². The number of piperidine rings is 1. The molecule has 3 amide bonds. The van der Waals surface area contributed by atoms with Gasteiger partial charge in [0.05, 0.1) is 17.1 Å². The van der Waals surface area contributed by atoms with E-state index >= 15 is 0 Å². The molecule has 2 saturated heterocycles. The number of anilines is 1. The van der Waals surface area contributed by atoms with E-state index in [1.807, 2.05) is 27.8 Å². The molecule has 0 bridgehead atoms. The van der Waals surface area contributed by atoms with Crippen LogP contribution in [0.5, 0.6) is 0 Å². The van der Waals surface area contributed by atoms with Crippen molar-refractivity contribution in [3.05, 3.63) is 23.4 Å². The van der Waals surface area contributed by atoms with Gasteiger partial charge >= 0.3 is 6.09 Å². The van der Waals surface area contributed by atoms with Crippen molar-refractivity contribution in [3.63, 3.8) is 0 Å². The number of fused-ring (bicyclic) bond motifs is 1.